The molecule has 2 aromatic carbocycles. The molecule has 27 heavy (non-hydrogen) atoms. The highest BCUT2D eigenvalue weighted by molar-refractivity contribution is 6.07. The number of hydrogen-bond acceptors (Lipinski definition) is 4. The van der Waals surface area contributed by atoms with Gasteiger partial charge in [-0.05, 0) is 37.0 Å². The van der Waals surface area contributed by atoms with E-state index >= 15 is 0 Å². The summed E-state index contributed by atoms with van der Waals surface area (Å²) in [7, 11) is 0. The van der Waals surface area contributed by atoms with Gasteiger partial charge in [-0.25, -0.2) is 9.18 Å². The number of carbonyl (C=O) groups excluding carboxylic acids is 3. The summed E-state index contributed by atoms with van der Waals surface area (Å²) >= 11 is 0. The molecule has 142 valence electrons. The van der Waals surface area contributed by atoms with Crippen LogP contribution in [0.3, 0.4) is 0 Å². The number of aryl methyl sites for hydroxylation is 1. The Hall–Kier alpha value is -3.22. The number of carbonyl (C=O) groups is 3. The summed E-state index contributed by atoms with van der Waals surface area (Å²) in [5, 5.41) is 4.65. The second kappa shape index (κ2) is 8.93. The maximum absolute atomic E-state index is 14.2. The van der Waals surface area contributed by atoms with Crippen molar-refractivity contribution in [3.05, 3.63) is 65.0 Å². The Labute approximate surface area is 160 Å². The molecule has 0 saturated heterocycles. The zero-order chi connectivity index (χ0) is 22.5. The van der Waals surface area contributed by atoms with E-state index in [1.807, 2.05) is 6.07 Å². The molecule has 0 aliphatic heterocycles. The molecule has 0 aromatic heterocycles. The van der Waals surface area contributed by atoms with Crippen LogP contribution in [-0.4, -0.2) is 23.8 Å². The summed E-state index contributed by atoms with van der Waals surface area (Å²) in [4.78, 5) is 36.2. The Balaban J connectivity index is 2.20. The Morgan fingerprint density at radius 1 is 1.22 bits per heavy atom. The van der Waals surface area contributed by atoms with Gasteiger partial charge in [0.1, 0.15) is 12.4 Å². The number of benzene rings is 2. The van der Waals surface area contributed by atoms with Crippen molar-refractivity contribution in [2.75, 3.05) is 5.32 Å². The van der Waals surface area contributed by atoms with Crippen molar-refractivity contribution in [2.24, 2.45) is 0 Å². The highest BCUT2D eigenvalue weighted by atomic mass is 19.1. The second-order valence-corrected chi connectivity index (χ2v) is 5.85. The second-order valence-electron chi connectivity index (χ2n) is 5.85. The minimum atomic E-state index is -2.81. The van der Waals surface area contributed by atoms with Crippen LogP contribution in [0.2, 0.25) is 0 Å². The first kappa shape index (κ1) is 16.0. The van der Waals surface area contributed by atoms with Crippen molar-refractivity contribution in [3.63, 3.8) is 0 Å². The number of Topliss-reactive ketones (excluding diaryl/α,β-unsaturated/α-hetero) is 1. The molecule has 0 unspecified atom stereocenters. The van der Waals surface area contributed by atoms with Crippen molar-refractivity contribution in [1.82, 2.24) is 5.32 Å². The van der Waals surface area contributed by atoms with Crippen LogP contribution in [0.25, 0.3) is 0 Å². The Morgan fingerprint density at radius 2 is 1.93 bits per heavy atom. The number of halogens is 1. The molecule has 0 fully saturated rings. The van der Waals surface area contributed by atoms with Crippen molar-refractivity contribution in [2.45, 2.75) is 33.3 Å². The van der Waals surface area contributed by atoms with Gasteiger partial charge >= 0.3 is 6.09 Å². The molecule has 2 amide bonds. The van der Waals surface area contributed by atoms with E-state index in [2.05, 4.69) is 10.6 Å². The van der Waals surface area contributed by atoms with Gasteiger partial charge in [-0.3, -0.25) is 9.59 Å². The Morgan fingerprint density at radius 3 is 2.56 bits per heavy atom. The SMILES string of the molecule is [2H]C([2H])([2H])c1cc(C(=O)[C@H](C)NC(=O)OCc2ccccc2)c(NC(C)=O)cc1F. The fourth-order valence-electron chi connectivity index (χ4n) is 2.31. The highest BCUT2D eigenvalue weighted by Crippen LogP contribution is 2.22. The number of nitrogens with one attached hydrogen (secondary N) is 2. The van der Waals surface area contributed by atoms with Crippen molar-refractivity contribution in [3.8, 4) is 0 Å². The lowest BCUT2D eigenvalue weighted by Gasteiger charge is -2.16. The molecule has 0 aliphatic rings. The summed E-state index contributed by atoms with van der Waals surface area (Å²) in [6.45, 7) is -0.294. The van der Waals surface area contributed by atoms with E-state index in [4.69, 9.17) is 8.85 Å². The van der Waals surface area contributed by atoms with E-state index in [9.17, 15) is 18.8 Å². The number of ketones is 1. The van der Waals surface area contributed by atoms with Gasteiger partial charge in [0.05, 0.1) is 11.7 Å². The van der Waals surface area contributed by atoms with Crippen molar-refractivity contribution >= 4 is 23.5 Å². The minimum absolute atomic E-state index is 0.00945. The van der Waals surface area contributed by atoms with E-state index in [0.717, 1.165) is 24.6 Å². The molecular weight excluding hydrogens is 351 g/mol. The number of alkyl carbamates (subject to hydrolysis) is 1. The van der Waals surface area contributed by atoms with E-state index in [1.165, 1.54) is 6.92 Å². The van der Waals surface area contributed by atoms with Crippen LogP contribution in [0, 0.1) is 12.7 Å². The minimum Gasteiger partial charge on any atom is -0.445 e. The lowest BCUT2D eigenvalue weighted by molar-refractivity contribution is -0.114. The molecule has 6 nitrogen and oxygen atoms in total. The monoisotopic (exact) mass is 375 g/mol. The Bertz CT molecular complexity index is 949. The van der Waals surface area contributed by atoms with Crippen LogP contribution in [0.1, 0.15) is 39.4 Å². The Kier molecular flexibility index (Phi) is 5.29. The number of anilines is 1. The van der Waals surface area contributed by atoms with Crippen LogP contribution >= 0.6 is 0 Å². The molecule has 0 heterocycles. The predicted octanol–water partition coefficient (Wildman–Crippen LogP) is 3.59. The van der Waals surface area contributed by atoms with Crippen LogP contribution in [0.15, 0.2) is 42.5 Å². The molecule has 0 spiro atoms. The molecule has 0 saturated carbocycles. The van der Waals surface area contributed by atoms with Gasteiger partial charge in [0.15, 0.2) is 5.78 Å². The number of rotatable bonds is 6. The maximum Gasteiger partial charge on any atom is 0.408 e. The third kappa shape index (κ3) is 5.64. The van der Waals surface area contributed by atoms with E-state index in [-0.39, 0.29) is 17.9 Å². The molecular formula is C20H21FN2O4. The first-order chi connectivity index (χ1) is 14.0. The molecule has 2 N–H and O–H groups in total. The van der Waals surface area contributed by atoms with Gasteiger partial charge in [0, 0.05) is 16.6 Å². The molecule has 7 heteroatoms. The third-order valence-corrected chi connectivity index (χ3v) is 3.62. The van der Waals surface area contributed by atoms with Gasteiger partial charge in [-0.2, -0.15) is 0 Å². The first-order valence-electron chi connectivity index (χ1n) is 9.62. The lowest BCUT2D eigenvalue weighted by atomic mass is 10.0. The molecule has 2 aromatic rings. The number of ether oxygens (including phenoxy) is 1. The van der Waals surface area contributed by atoms with Crippen molar-refractivity contribution in [1.29, 1.82) is 0 Å². The first-order valence-corrected chi connectivity index (χ1v) is 8.12. The third-order valence-electron chi connectivity index (χ3n) is 3.62. The molecule has 0 aliphatic carbocycles. The van der Waals surface area contributed by atoms with Gasteiger partial charge in [-0.1, -0.05) is 30.3 Å². The van der Waals surface area contributed by atoms with Crippen LogP contribution in [0.5, 0.6) is 0 Å². The van der Waals surface area contributed by atoms with E-state index in [0.29, 0.717) is 0 Å². The quantitative estimate of drug-likeness (QED) is 0.756. The fraction of sp³-hybridized carbons (Fsp3) is 0.250. The zero-order valence-electron chi connectivity index (χ0n) is 17.8. The van der Waals surface area contributed by atoms with Crippen LogP contribution < -0.4 is 10.6 Å². The molecule has 0 radical (unpaired) electrons. The molecule has 1 atom stereocenters. The topological polar surface area (TPSA) is 84.5 Å². The smallest absolute Gasteiger partial charge is 0.408 e. The summed E-state index contributed by atoms with van der Waals surface area (Å²) in [6, 6.07) is 9.41. The number of amides is 2. The largest absolute Gasteiger partial charge is 0.445 e. The van der Waals surface area contributed by atoms with Crippen LogP contribution in [0.4, 0.5) is 14.9 Å². The van der Waals surface area contributed by atoms with Gasteiger partial charge in [0.2, 0.25) is 5.91 Å². The summed E-state index contributed by atoms with van der Waals surface area (Å²) in [5.74, 6) is -2.38. The standard InChI is InChI=1S/C20H21FN2O4/c1-12-9-16(18(10-17(12)21)23-14(3)24)19(25)13(2)22-20(26)27-11-15-7-5-4-6-8-15/h4-10,13H,11H2,1-3H3,(H,22,26)(H,23,24)/t13-/m0/s1/i1D3. The number of hydrogen-bond donors (Lipinski definition) is 2. The van der Waals surface area contributed by atoms with Gasteiger partial charge in [-0.15, -0.1) is 0 Å². The van der Waals surface area contributed by atoms with Crippen molar-refractivity contribution < 1.29 is 27.6 Å². The maximum atomic E-state index is 14.2. The average molecular weight is 375 g/mol. The van der Waals surface area contributed by atoms with Gasteiger partial charge in [0.25, 0.3) is 0 Å². The summed E-state index contributed by atoms with van der Waals surface area (Å²) in [6.07, 6.45) is -0.862. The van der Waals surface area contributed by atoms with Crippen LogP contribution in [-0.2, 0) is 16.1 Å². The summed E-state index contributed by atoms with van der Waals surface area (Å²) in [5.41, 5.74) is -0.350. The zero-order valence-corrected chi connectivity index (χ0v) is 14.8. The molecule has 2 rings (SSSR count). The highest BCUT2D eigenvalue weighted by Gasteiger charge is 2.22. The summed E-state index contributed by atoms with van der Waals surface area (Å²) < 4.78 is 41.5. The van der Waals surface area contributed by atoms with E-state index < -0.39 is 42.1 Å². The lowest BCUT2D eigenvalue weighted by Crippen LogP contribution is -2.39. The van der Waals surface area contributed by atoms with Gasteiger partial charge < -0.3 is 15.4 Å². The van der Waals surface area contributed by atoms with E-state index in [1.54, 1.807) is 24.3 Å². The predicted molar refractivity (Wildman–Crippen MR) is 99.0 cm³/mol. The average Bonchev–Trinajstić information content (AvgIpc) is 2.65. The molecule has 0 bridgehead atoms. The normalized spacial score (nSPS) is 13.5. The fourth-order valence-corrected chi connectivity index (χ4v) is 2.31.